The molecule has 0 radical (unpaired) electrons. The van der Waals surface area contributed by atoms with Crippen molar-refractivity contribution in [2.24, 2.45) is 11.5 Å². The average molecular weight is 882 g/mol. The summed E-state index contributed by atoms with van der Waals surface area (Å²) < 4.78 is 2.15. The quantitative estimate of drug-likeness (QED) is 0.125. The van der Waals surface area contributed by atoms with Gasteiger partial charge < -0.3 is 35.7 Å². The summed E-state index contributed by atoms with van der Waals surface area (Å²) in [6, 6.07) is 40.7. The normalized spacial score (nSPS) is 12.9. The van der Waals surface area contributed by atoms with Crippen molar-refractivity contribution in [2.45, 2.75) is 86.1 Å². The van der Waals surface area contributed by atoms with E-state index in [2.05, 4.69) is 180 Å². The zero-order valence-corrected chi connectivity index (χ0v) is 40.1. The van der Waals surface area contributed by atoms with E-state index in [0.717, 1.165) is 65.1 Å². The van der Waals surface area contributed by atoms with E-state index in [1.165, 1.54) is 109 Å². The molecule has 0 unspecified atom stereocenters. The van der Waals surface area contributed by atoms with Crippen molar-refractivity contribution in [1.82, 2.24) is 9.55 Å². The third kappa shape index (κ3) is 12.4. The van der Waals surface area contributed by atoms with Crippen molar-refractivity contribution in [3.8, 4) is 12.1 Å². The molecule has 0 spiro atoms. The summed E-state index contributed by atoms with van der Waals surface area (Å²) in [6.45, 7) is 19.6. The number of fused-ring (bicyclic) bond motifs is 5. The number of nitrogens with two attached hydrogens (primary N) is 2. The number of hydrogen-bond acceptors (Lipinski definition) is 7. The maximum Gasteiger partial charge on any atom is 0.0640 e. The predicted molar refractivity (Wildman–Crippen MR) is 279 cm³/mol. The van der Waals surface area contributed by atoms with Crippen molar-refractivity contribution in [1.29, 1.82) is 10.5 Å². The van der Waals surface area contributed by atoms with Crippen LogP contribution in [0.1, 0.15) is 70.2 Å². The number of hydrogen-bond donors (Lipinski definition) is 3. The second-order valence-corrected chi connectivity index (χ2v) is 17.6. The summed E-state index contributed by atoms with van der Waals surface area (Å²) in [4.78, 5) is 10.5. The van der Waals surface area contributed by atoms with Gasteiger partial charge >= 0.3 is 0 Å². The van der Waals surface area contributed by atoms with E-state index in [4.69, 9.17) is 22.0 Å². The number of para-hydroxylation sites is 5. The Morgan fingerprint density at radius 1 is 0.500 bits per heavy atom. The molecule has 0 aliphatic carbocycles. The number of nitrogens with one attached hydrogen (secondary N) is 1. The van der Waals surface area contributed by atoms with Crippen molar-refractivity contribution in [2.75, 3.05) is 67.1 Å². The molecule has 9 heteroatoms. The minimum absolute atomic E-state index is 0.568. The van der Waals surface area contributed by atoms with Gasteiger partial charge in [0.25, 0.3) is 0 Å². The molecule has 5 N–H and O–H groups in total. The molecule has 3 aliphatic heterocycles. The Kier molecular flexibility index (Phi) is 18.3. The molecule has 0 bridgehead atoms. The van der Waals surface area contributed by atoms with Crippen molar-refractivity contribution in [3.05, 3.63) is 160 Å². The van der Waals surface area contributed by atoms with Crippen LogP contribution in [0, 0.1) is 57.3 Å². The van der Waals surface area contributed by atoms with Gasteiger partial charge in [0, 0.05) is 80.8 Å². The van der Waals surface area contributed by atoms with E-state index in [1.54, 1.807) is 0 Å². The number of aromatic nitrogens is 2. The van der Waals surface area contributed by atoms with Crippen LogP contribution in [0.4, 0.5) is 17.1 Å². The predicted octanol–water partition coefficient (Wildman–Crippen LogP) is 11.0. The Hall–Kier alpha value is -6.52. The van der Waals surface area contributed by atoms with Gasteiger partial charge in [-0.25, -0.2) is 0 Å². The van der Waals surface area contributed by atoms with Crippen molar-refractivity contribution >= 4 is 38.9 Å². The molecule has 66 heavy (non-hydrogen) atoms. The van der Waals surface area contributed by atoms with Gasteiger partial charge in [-0.3, -0.25) is 0 Å². The molecular weight excluding hydrogens is 811 g/mol. The highest BCUT2D eigenvalue weighted by molar-refractivity contribution is 5.83. The lowest BCUT2D eigenvalue weighted by Gasteiger charge is -2.20. The van der Waals surface area contributed by atoms with Crippen LogP contribution in [0.25, 0.3) is 21.8 Å². The van der Waals surface area contributed by atoms with Crippen LogP contribution in [-0.2, 0) is 25.8 Å². The zero-order valence-electron chi connectivity index (χ0n) is 40.1. The summed E-state index contributed by atoms with van der Waals surface area (Å²) >= 11 is 0. The molecule has 344 valence electrons. The fraction of sp³-hybridized carbons (Fsp3) is 0.368. The highest BCUT2D eigenvalue weighted by Gasteiger charge is 2.21. The van der Waals surface area contributed by atoms with Crippen LogP contribution in [0.5, 0.6) is 0 Å². The second-order valence-electron chi connectivity index (χ2n) is 17.6. The first-order chi connectivity index (χ1) is 32.2. The standard InChI is InChI=1S/2C12H18N2.C12H14N2.C12H12N2.C9H9N/c4*1-10-4-2-5-11-6-9-14(12(10)11)8-3-7-13;1-7-3-2-4-8-5-6-10-9(7)8/h2*2,4-5H,3,6-9,13H2,1H3;2,4-5H,3,6,8-9H2,1H3;2,4-6,9H,3,8H2,1H3;2-6,10H,1H3. The van der Waals surface area contributed by atoms with Crippen molar-refractivity contribution in [3.63, 3.8) is 0 Å². The lowest BCUT2D eigenvalue weighted by Crippen LogP contribution is -2.24. The van der Waals surface area contributed by atoms with E-state index in [1.807, 2.05) is 6.20 Å². The Morgan fingerprint density at radius 2 is 0.939 bits per heavy atom. The third-order valence-electron chi connectivity index (χ3n) is 12.9. The Balaban J connectivity index is 0.000000137. The van der Waals surface area contributed by atoms with E-state index >= 15 is 0 Å². The van der Waals surface area contributed by atoms with Crippen LogP contribution >= 0.6 is 0 Å². The van der Waals surface area contributed by atoms with Gasteiger partial charge in [-0.15, -0.1) is 0 Å². The number of H-pyrrole nitrogens is 1. The second kappa shape index (κ2) is 24.7. The number of aromatic amines is 1. The summed E-state index contributed by atoms with van der Waals surface area (Å²) in [7, 11) is 0. The summed E-state index contributed by atoms with van der Waals surface area (Å²) in [6.07, 6.45) is 10.9. The first-order valence-electron chi connectivity index (χ1n) is 23.9. The van der Waals surface area contributed by atoms with Crippen LogP contribution in [0.15, 0.2) is 116 Å². The maximum atomic E-state index is 8.57. The summed E-state index contributed by atoms with van der Waals surface area (Å²) in [5.74, 6) is 0. The minimum Gasteiger partial charge on any atom is -0.371 e. The number of nitriles is 2. The number of aryl methyl sites for hydroxylation is 6. The molecule has 5 heterocycles. The lowest BCUT2D eigenvalue weighted by atomic mass is 10.1. The molecular formula is C57H71N9. The molecule has 10 rings (SSSR count). The van der Waals surface area contributed by atoms with Crippen LogP contribution < -0.4 is 26.2 Å². The van der Waals surface area contributed by atoms with E-state index in [0.29, 0.717) is 12.8 Å². The monoisotopic (exact) mass is 882 g/mol. The lowest BCUT2D eigenvalue weighted by molar-refractivity contribution is 0.743. The van der Waals surface area contributed by atoms with E-state index in [9.17, 15) is 0 Å². The molecule has 2 aromatic heterocycles. The fourth-order valence-electron chi connectivity index (χ4n) is 9.69. The number of benzene rings is 5. The first kappa shape index (κ1) is 48.9. The molecule has 0 saturated heterocycles. The topological polar surface area (TPSA) is 130 Å². The van der Waals surface area contributed by atoms with E-state index in [-0.39, 0.29) is 0 Å². The van der Waals surface area contributed by atoms with Gasteiger partial charge in [0.1, 0.15) is 0 Å². The molecule has 0 saturated carbocycles. The molecule has 9 nitrogen and oxygen atoms in total. The smallest absolute Gasteiger partial charge is 0.0640 e. The Labute approximate surface area is 394 Å². The first-order valence-corrected chi connectivity index (χ1v) is 23.9. The molecule has 3 aliphatic rings. The van der Waals surface area contributed by atoms with Gasteiger partial charge in [0.05, 0.1) is 30.5 Å². The largest absolute Gasteiger partial charge is 0.371 e. The Morgan fingerprint density at radius 3 is 1.42 bits per heavy atom. The van der Waals surface area contributed by atoms with Gasteiger partial charge in [0.15, 0.2) is 0 Å². The third-order valence-corrected chi connectivity index (χ3v) is 12.9. The Bertz CT molecular complexity index is 2650. The molecule has 5 aromatic carbocycles. The van der Waals surface area contributed by atoms with Crippen LogP contribution in [0.3, 0.4) is 0 Å². The summed E-state index contributed by atoms with van der Waals surface area (Å²) in [5.41, 5.74) is 29.0. The van der Waals surface area contributed by atoms with Crippen LogP contribution in [-0.4, -0.2) is 61.9 Å². The number of anilines is 3. The minimum atomic E-state index is 0.568. The zero-order chi connectivity index (χ0) is 46.8. The highest BCUT2D eigenvalue weighted by atomic mass is 15.2. The van der Waals surface area contributed by atoms with Crippen molar-refractivity contribution < 1.29 is 0 Å². The average Bonchev–Trinajstić information content (AvgIpc) is 4.19. The molecule has 7 aromatic rings. The van der Waals surface area contributed by atoms with Gasteiger partial charge in [-0.2, -0.15) is 10.5 Å². The molecule has 0 atom stereocenters. The number of nitrogens with zero attached hydrogens (tertiary/aromatic N) is 6. The SMILES string of the molecule is Cc1cccc2c1N(CCC#N)CC2.Cc1cccc2c1N(CCCN)CC2.Cc1cccc2c1N(CCCN)CC2.Cc1cccc2cc[nH]c12.Cc1cccc2ccn(CCC#N)c12. The van der Waals surface area contributed by atoms with Gasteiger partial charge in [-0.05, 0) is 147 Å². The fourth-order valence-corrected chi connectivity index (χ4v) is 9.69. The molecule has 0 fully saturated rings. The number of rotatable bonds is 10. The highest BCUT2D eigenvalue weighted by Crippen LogP contribution is 2.33. The molecule has 0 amide bonds. The maximum absolute atomic E-state index is 8.57. The van der Waals surface area contributed by atoms with E-state index < -0.39 is 0 Å². The summed E-state index contributed by atoms with van der Waals surface area (Å²) in [5, 5.41) is 19.7. The van der Waals surface area contributed by atoms with Crippen LogP contribution in [0.2, 0.25) is 0 Å². The van der Waals surface area contributed by atoms with Gasteiger partial charge in [0.2, 0.25) is 0 Å². The van der Waals surface area contributed by atoms with Gasteiger partial charge in [-0.1, -0.05) is 91.0 Å².